The maximum atomic E-state index is 2.42. The highest BCUT2D eigenvalue weighted by atomic mass is 15.0. The van der Waals surface area contributed by atoms with Crippen molar-refractivity contribution in [2.24, 2.45) is 0 Å². The molecule has 0 N–H and O–H groups in total. The number of rotatable bonds is 3. The van der Waals surface area contributed by atoms with Gasteiger partial charge in [0.25, 0.3) is 0 Å². The Labute approximate surface area is 53.2 Å². The van der Waals surface area contributed by atoms with Gasteiger partial charge >= 0.3 is 0 Å². The minimum atomic E-state index is 0.713. The van der Waals surface area contributed by atoms with Crippen molar-refractivity contribution in [3.63, 3.8) is 0 Å². The molecule has 0 radical (unpaired) electrons. The van der Waals surface area contributed by atoms with Crippen molar-refractivity contribution in [2.45, 2.75) is 27.5 Å². The van der Waals surface area contributed by atoms with Gasteiger partial charge in [-0.2, -0.15) is 0 Å². The summed E-state index contributed by atoms with van der Waals surface area (Å²) in [6.45, 7) is 11.9. The molecule has 48 valence electrons. The summed E-state index contributed by atoms with van der Waals surface area (Å²) >= 11 is 0. The first-order valence-electron chi connectivity index (χ1n) is 3.46. The van der Waals surface area contributed by atoms with E-state index in [-0.39, 0.29) is 0 Å². The van der Waals surface area contributed by atoms with Crippen molar-refractivity contribution >= 4 is 6.85 Å². The Morgan fingerprint density at radius 2 is 1.50 bits per heavy atom. The average molecular weight is 113 g/mol. The lowest BCUT2D eigenvalue weighted by molar-refractivity contribution is 0.484. The van der Waals surface area contributed by atoms with E-state index in [0.29, 0.717) is 6.85 Å². The predicted octanol–water partition coefficient (Wildman–Crippen LogP) is 1.58. The van der Waals surface area contributed by atoms with Gasteiger partial charge in [0.1, 0.15) is 0 Å². The van der Waals surface area contributed by atoms with Gasteiger partial charge < -0.3 is 4.81 Å². The molecule has 0 aromatic rings. The third-order valence-corrected chi connectivity index (χ3v) is 1.54. The summed E-state index contributed by atoms with van der Waals surface area (Å²) in [4.78, 5) is 2.42. The second-order valence-corrected chi connectivity index (χ2v) is 2.31. The van der Waals surface area contributed by atoms with Gasteiger partial charge in [0.05, 0.1) is 0 Å². The van der Waals surface area contributed by atoms with Crippen LogP contribution in [0.5, 0.6) is 0 Å². The fraction of sp³-hybridized carbons (Fsp3) is 1.00. The summed E-state index contributed by atoms with van der Waals surface area (Å²) in [6.07, 6.45) is 0. The summed E-state index contributed by atoms with van der Waals surface area (Å²) in [7, 11) is 0. The van der Waals surface area contributed by atoms with Crippen LogP contribution in [0.15, 0.2) is 0 Å². The van der Waals surface area contributed by atoms with E-state index in [1.807, 2.05) is 0 Å². The topological polar surface area (TPSA) is 3.24 Å². The summed E-state index contributed by atoms with van der Waals surface area (Å²) in [5.74, 6) is 0. The van der Waals surface area contributed by atoms with Crippen LogP contribution >= 0.6 is 0 Å². The first-order chi connectivity index (χ1) is 3.72. The normalized spacial score (nSPS) is 10.1. The van der Waals surface area contributed by atoms with Crippen LogP contribution in [0.3, 0.4) is 0 Å². The predicted molar refractivity (Wildman–Crippen MR) is 40.4 cm³/mol. The lowest BCUT2D eigenvalue weighted by atomic mass is 9.66. The fourth-order valence-electron chi connectivity index (χ4n) is 0.954. The molecule has 0 saturated heterocycles. The molecule has 0 amide bonds. The summed E-state index contributed by atoms with van der Waals surface area (Å²) in [5.41, 5.74) is 0. The van der Waals surface area contributed by atoms with E-state index in [2.05, 4.69) is 32.3 Å². The van der Waals surface area contributed by atoms with Crippen molar-refractivity contribution < 1.29 is 0 Å². The molecule has 0 aliphatic rings. The van der Waals surface area contributed by atoms with Crippen LogP contribution in [0.1, 0.15) is 13.8 Å². The Bertz CT molecular complexity index is 50.5. The van der Waals surface area contributed by atoms with Crippen LogP contribution in [0.2, 0.25) is 13.6 Å². The van der Waals surface area contributed by atoms with E-state index in [1.54, 1.807) is 0 Å². The minimum Gasteiger partial charge on any atom is -0.343 e. The third-order valence-electron chi connectivity index (χ3n) is 1.54. The molecular formula is C6H16BN. The Morgan fingerprint density at radius 1 is 1.12 bits per heavy atom. The third kappa shape index (κ3) is 2.36. The summed E-state index contributed by atoms with van der Waals surface area (Å²) in [5, 5.41) is 0. The van der Waals surface area contributed by atoms with Crippen molar-refractivity contribution in [3.8, 4) is 0 Å². The molecule has 2 heteroatoms. The molecule has 0 unspecified atom stereocenters. The number of hydrogen-bond acceptors (Lipinski definition) is 1. The smallest absolute Gasteiger partial charge is 0.216 e. The van der Waals surface area contributed by atoms with Crippen LogP contribution in [0.4, 0.5) is 0 Å². The maximum absolute atomic E-state index is 2.42. The highest BCUT2D eigenvalue weighted by Crippen LogP contribution is 1.90. The van der Waals surface area contributed by atoms with Gasteiger partial charge in [0.15, 0.2) is 0 Å². The zero-order valence-electron chi connectivity index (χ0n) is 6.44. The monoisotopic (exact) mass is 113 g/mol. The molecule has 1 nitrogen and oxygen atoms in total. The van der Waals surface area contributed by atoms with E-state index in [0.717, 1.165) is 0 Å². The van der Waals surface area contributed by atoms with Gasteiger partial charge in [-0.25, -0.2) is 0 Å². The molecule has 0 atom stereocenters. The zero-order chi connectivity index (χ0) is 6.57. The van der Waals surface area contributed by atoms with Crippen LogP contribution in [0, 0.1) is 0 Å². The second kappa shape index (κ2) is 3.96. The molecular weight excluding hydrogens is 96.9 g/mol. The second-order valence-electron chi connectivity index (χ2n) is 2.31. The average Bonchev–Trinajstić information content (AvgIpc) is 1.69. The Balaban J connectivity index is 3.35. The molecule has 0 rings (SSSR count). The van der Waals surface area contributed by atoms with Crippen LogP contribution in [0.25, 0.3) is 0 Å². The number of nitrogens with zero attached hydrogens (tertiary/aromatic N) is 1. The van der Waals surface area contributed by atoms with Crippen LogP contribution in [-0.2, 0) is 0 Å². The summed E-state index contributed by atoms with van der Waals surface area (Å²) in [6, 6.07) is 0. The van der Waals surface area contributed by atoms with E-state index in [1.165, 1.54) is 13.1 Å². The highest BCUT2D eigenvalue weighted by Gasteiger charge is 2.05. The Hall–Kier alpha value is 0.0249. The highest BCUT2D eigenvalue weighted by molar-refractivity contribution is 6.52. The lowest BCUT2D eigenvalue weighted by Crippen LogP contribution is -2.33. The van der Waals surface area contributed by atoms with Crippen molar-refractivity contribution in [1.29, 1.82) is 0 Å². The van der Waals surface area contributed by atoms with E-state index in [9.17, 15) is 0 Å². The molecule has 0 aliphatic carbocycles. The summed E-state index contributed by atoms with van der Waals surface area (Å²) < 4.78 is 0. The molecule has 8 heavy (non-hydrogen) atoms. The van der Waals surface area contributed by atoms with Gasteiger partial charge in [-0.15, -0.1) is 0 Å². The van der Waals surface area contributed by atoms with Crippen molar-refractivity contribution in [3.05, 3.63) is 0 Å². The van der Waals surface area contributed by atoms with Crippen LogP contribution < -0.4 is 0 Å². The molecule has 0 fully saturated rings. The zero-order valence-corrected chi connectivity index (χ0v) is 6.44. The van der Waals surface area contributed by atoms with E-state index in [4.69, 9.17) is 0 Å². The Kier molecular flexibility index (Phi) is 3.97. The SMILES string of the molecule is CCN(CC)B(C)C. The maximum Gasteiger partial charge on any atom is 0.216 e. The van der Waals surface area contributed by atoms with Gasteiger partial charge in [0, 0.05) is 0 Å². The van der Waals surface area contributed by atoms with E-state index >= 15 is 0 Å². The number of hydrogen-bond donors (Lipinski definition) is 0. The molecule has 0 aromatic carbocycles. The standard InChI is InChI=1S/C6H16BN/c1-5-8(6-2)7(3)4/h5-6H2,1-4H3. The van der Waals surface area contributed by atoms with Gasteiger partial charge in [-0.3, -0.25) is 0 Å². The Morgan fingerprint density at radius 3 is 1.50 bits per heavy atom. The molecule has 0 heterocycles. The molecule has 0 aliphatic heterocycles. The first kappa shape index (κ1) is 8.02. The van der Waals surface area contributed by atoms with E-state index < -0.39 is 0 Å². The van der Waals surface area contributed by atoms with Gasteiger partial charge in [-0.1, -0.05) is 27.5 Å². The molecule has 0 saturated carbocycles. The first-order valence-corrected chi connectivity index (χ1v) is 3.46. The van der Waals surface area contributed by atoms with Crippen molar-refractivity contribution in [1.82, 2.24) is 4.81 Å². The van der Waals surface area contributed by atoms with Crippen molar-refractivity contribution in [2.75, 3.05) is 13.1 Å². The van der Waals surface area contributed by atoms with Crippen LogP contribution in [-0.4, -0.2) is 24.7 Å². The quantitative estimate of drug-likeness (QED) is 0.502. The van der Waals surface area contributed by atoms with Gasteiger partial charge in [0.2, 0.25) is 6.85 Å². The molecule has 0 aromatic heterocycles. The lowest BCUT2D eigenvalue weighted by Gasteiger charge is -2.19. The minimum absolute atomic E-state index is 0.713. The fourth-order valence-corrected chi connectivity index (χ4v) is 0.954. The largest absolute Gasteiger partial charge is 0.343 e. The van der Waals surface area contributed by atoms with Gasteiger partial charge in [-0.05, 0) is 13.1 Å². The molecule has 0 bridgehead atoms. The molecule has 0 spiro atoms.